The molecule has 2 aromatic rings. The number of thiazole rings is 2. The van der Waals surface area contributed by atoms with Crippen LogP contribution in [-0.4, -0.2) is 37.6 Å². The number of hydrogen-bond donors (Lipinski definition) is 2. The molecule has 0 aliphatic carbocycles. The van der Waals surface area contributed by atoms with E-state index in [0.717, 1.165) is 0 Å². The maximum Gasteiger partial charge on any atom is 0.355 e. The molecule has 0 atom stereocenters. The summed E-state index contributed by atoms with van der Waals surface area (Å²) in [6, 6.07) is 0. The van der Waals surface area contributed by atoms with Crippen molar-refractivity contribution in [3.63, 3.8) is 0 Å². The highest BCUT2D eigenvalue weighted by atomic mass is 35.5. The van der Waals surface area contributed by atoms with E-state index in [-0.39, 0.29) is 24.4 Å². The number of nitrogens with zero attached hydrogens (tertiary/aromatic N) is 2. The molecule has 0 aliphatic rings. The number of carbonyl (C=O) groups excluding carboxylic acids is 2. The number of carbonyl (C=O) groups is 3. The molecule has 2 aromatic heterocycles. The summed E-state index contributed by atoms with van der Waals surface area (Å²) in [6.45, 7) is 3.25. The van der Waals surface area contributed by atoms with Gasteiger partial charge in [0, 0.05) is 10.8 Å². The van der Waals surface area contributed by atoms with E-state index in [2.05, 4.69) is 15.3 Å². The molecule has 7 nitrogen and oxygen atoms in total. The molecule has 2 rings (SSSR count). The van der Waals surface area contributed by atoms with Crippen LogP contribution in [0.4, 0.5) is 0 Å². The minimum atomic E-state index is -1.09. The number of carboxylic acids is 1. The number of halogens is 1. The lowest BCUT2D eigenvalue weighted by atomic mass is 10.1. The van der Waals surface area contributed by atoms with E-state index in [1.807, 2.05) is 0 Å². The number of ketones is 1. The smallest absolute Gasteiger partial charge is 0.355 e. The normalized spacial score (nSPS) is 11.3. The first-order valence-electron chi connectivity index (χ1n) is 6.79. The fourth-order valence-corrected chi connectivity index (χ4v) is 3.19. The van der Waals surface area contributed by atoms with Crippen LogP contribution in [-0.2, 0) is 16.1 Å². The summed E-state index contributed by atoms with van der Waals surface area (Å²) in [6.07, 6.45) is -0.289. The van der Waals surface area contributed by atoms with Crippen molar-refractivity contribution in [3.8, 4) is 10.7 Å². The van der Waals surface area contributed by atoms with Gasteiger partial charge in [-0.15, -0.1) is 34.3 Å². The van der Waals surface area contributed by atoms with Crippen LogP contribution in [0.25, 0.3) is 10.7 Å². The van der Waals surface area contributed by atoms with Crippen LogP contribution >= 0.6 is 34.3 Å². The zero-order chi connectivity index (χ0) is 17.9. The number of nitrogens with one attached hydrogen (secondary N) is 1. The third-order valence-corrected chi connectivity index (χ3v) is 4.84. The van der Waals surface area contributed by atoms with Crippen LogP contribution in [0.3, 0.4) is 0 Å². The SMILES string of the molecule is CC(C)(Cl)C(=O)CC(=O)NCc1nc(-c2nc(C(=O)O)cs2)cs1. The molecule has 10 heteroatoms. The molecule has 1 amide bonds. The minimum Gasteiger partial charge on any atom is -0.476 e. The van der Waals surface area contributed by atoms with Gasteiger partial charge in [-0.1, -0.05) is 0 Å². The molecule has 0 radical (unpaired) electrons. The molecular weight excluding hydrogens is 374 g/mol. The zero-order valence-corrected chi connectivity index (χ0v) is 15.2. The van der Waals surface area contributed by atoms with Gasteiger partial charge in [-0.2, -0.15) is 0 Å². The summed E-state index contributed by atoms with van der Waals surface area (Å²) >= 11 is 8.35. The van der Waals surface area contributed by atoms with Crippen LogP contribution in [0, 0.1) is 0 Å². The summed E-state index contributed by atoms with van der Waals surface area (Å²) in [4.78, 5) is 41.4. The predicted molar refractivity (Wildman–Crippen MR) is 91.6 cm³/mol. The van der Waals surface area contributed by atoms with Gasteiger partial charge in [-0.25, -0.2) is 14.8 Å². The van der Waals surface area contributed by atoms with Crippen LogP contribution in [0.1, 0.15) is 35.8 Å². The quantitative estimate of drug-likeness (QED) is 0.558. The minimum absolute atomic E-state index is 0.0277. The maximum absolute atomic E-state index is 11.7. The Hall–Kier alpha value is -1.84. The molecule has 2 N–H and O–H groups in total. The van der Waals surface area contributed by atoms with E-state index in [0.29, 0.717) is 15.7 Å². The zero-order valence-electron chi connectivity index (χ0n) is 12.8. The molecule has 0 aromatic carbocycles. The first-order chi connectivity index (χ1) is 11.2. The van der Waals surface area contributed by atoms with Crippen LogP contribution in [0.2, 0.25) is 0 Å². The average Bonchev–Trinajstić information content (AvgIpc) is 3.13. The van der Waals surface area contributed by atoms with Gasteiger partial charge in [-0.3, -0.25) is 9.59 Å². The highest BCUT2D eigenvalue weighted by molar-refractivity contribution is 7.14. The second-order valence-electron chi connectivity index (χ2n) is 5.32. The number of aromatic nitrogens is 2. The highest BCUT2D eigenvalue weighted by Crippen LogP contribution is 2.25. The standard InChI is InChI=1S/C14H14ClN3O4S2/c1-14(2,15)9(19)3-10(20)16-4-11-17-7(5-23-11)12-18-8(6-24-12)13(21)22/h5-6H,3-4H2,1-2H3,(H,16,20)(H,21,22). The molecule has 24 heavy (non-hydrogen) atoms. The van der Waals surface area contributed by atoms with Crippen LogP contribution < -0.4 is 5.32 Å². The van der Waals surface area contributed by atoms with Gasteiger partial charge in [-0.05, 0) is 13.8 Å². The molecule has 0 unspecified atom stereocenters. The Morgan fingerprint density at radius 3 is 2.54 bits per heavy atom. The highest BCUT2D eigenvalue weighted by Gasteiger charge is 2.26. The molecular formula is C14H14ClN3O4S2. The Morgan fingerprint density at radius 2 is 1.96 bits per heavy atom. The second kappa shape index (κ2) is 7.37. The van der Waals surface area contributed by atoms with E-state index in [1.54, 1.807) is 5.38 Å². The summed E-state index contributed by atoms with van der Waals surface area (Å²) in [5, 5.41) is 15.8. The van der Waals surface area contributed by atoms with E-state index in [4.69, 9.17) is 16.7 Å². The van der Waals surface area contributed by atoms with Crippen molar-refractivity contribution < 1.29 is 19.5 Å². The van der Waals surface area contributed by atoms with Crippen molar-refractivity contribution in [2.45, 2.75) is 31.7 Å². The summed E-state index contributed by atoms with van der Waals surface area (Å²) in [7, 11) is 0. The van der Waals surface area contributed by atoms with E-state index < -0.39 is 16.8 Å². The lowest BCUT2D eigenvalue weighted by Crippen LogP contribution is -2.32. The number of alkyl halides is 1. The van der Waals surface area contributed by atoms with Gasteiger partial charge in [0.15, 0.2) is 11.5 Å². The monoisotopic (exact) mass is 387 g/mol. The largest absolute Gasteiger partial charge is 0.476 e. The lowest BCUT2D eigenvalue weighted by Gasteiger charge is -2.13. The van der Waals surface area contributed by atoms with Gasteiger partial charge in [0.05, 0.1) is 17.8 Å². The molecule has 0 saturated carbocycles. The summed E-state index contributed by atoms with van der Waals surface area (Å²) in [5.74, 6) is -1.87. The molecule has 0 spiro atoms. The van der Waals surface area contributed by atoms with Gasteiger partial charge in [0.1, 0.15) is 15.7 Å². The molecule has 0 bridgehead atoms. The van der Waals surface area contributed by atoms with Crippen molar-refractivity contribution in [3.05, 3.63) is 21.5 Å². The fourth-order valence-electron chi connectivity index (χ4n) is 1.57. The van der Waals surface area contributed by atoms with Gasteiger partial charge in [0.2, 0.25) is 5.91 Å². The van der Waals surface area contributed by atoms with E-state index in [9.17, 15) is 14.4 Å². The Morgan fingerprint density at radius 1 is 1.25 bits per heavy atom. The van der Waals surface area contributed by atoms with Crippen molar-refractivity contribution in [1.29, 1.82) is 0 Å². The predicted octanol–water partition coefficient (Wildman–Crippen LogP) is 2.56. The Balaban J connectivity index is 1.93. The van der Waals surface area contributed by atoms with Crippen LogP contribution in [0.5, 0.6) is 0 Å². The Kier molecular flexibility index (Phi) is 5.68. The van der Waals surface area contributed by atoms with Gasteiger partial charge < -0.3 is 10.4 Å². The second-order valence-corrected chi connectivity index (χ2v) is 8.06. The van der Waals surface area contributed by atoms with Crippen molar-refractivity contribution in [2.24, 2.45) is 0 Å². The average molecular weight is 388 g/mol. The maximum atomic E-state index is 11.7. The van der Waals surface area contributed by atoms with E-state index in [1.165, 1.54) is 41.9 Å². The molecule has 0 saturated heterocycles. The van der Waals surface area contributed by atoms with Gasteiger partial charge >= 0.3 is 5.97 Å². The third-order valence-electron chi connectivity index (χ3n) is 2.92. The number of hydrogen-bond acceptors (Lipinski definition) is 7. The summed E-state index contributed by atoms with van der Waals surface area (Å²) < 4.78 is 0. The molecule has 128 valence electrons. The summed E-state index contributed by atoms with van der Waals surface area (Å²) in [5.41, 5.74) is 0.528. The Labute approximate surface area is 150 Å². The molecule has 2 heterocycles. The van der Waals surface area contributed by atoms with Crippen LogP contribution in [0.15, 0.2) is 10.8 Å². The first kappa shape index (κ1) is 18.5. The lowest BCUT2D eigenvalue weighted by molar-refractivity contribution is -0.129. The topological polar surface area (TPSA) is 109 Å². The number of carboxylic acid groups (broad SMARTS) is 1. The number of Topliss-reactive ketones (excluding diaryl/α,β-unsaturated/α-hetero) is 1. The van der Waals surface area contributed by atoms with Gasteiger partial charge in [0.25, 0.3) is 0 Å². The molecule has 0 fully saturated rings. The number of rotatable bonds is 7. The fraction of sp³-hybridized carbons (Fsp3) is 0.357. The Bertz CT molecular complexity index is 779. The van der Waals surface area contributed by atoms with Crippen molar-refractivity contribution in [1.82, 2.24) is 15.3 Å². The van der Waals surface area contributed by atoms with Crippen molar-refractivity contribution in [2.75, 3.05) is 0 Å². The van der Waals surface area contributed by atoms with Crippen molar-refractivity contribution >= 4 is 51.9 Å². The van der Waals surface area contributed by atoms with E-state index >= 15 is 0 Å². The first-order valence-corrected chi connectivity index (χ1v) is 8.93. The number of amides is 1. The number of aromatic carboxylic acids is 1. The third kappa shape index (κ3) is 4.83. The molecule has 0 aliphatic heterocycles.